The minimum absolute atomic E-state index is 0.110. The molecule has 0 aliphatic carbocycles. The van der Waals surface area contributed by atoms with Crippen LogP contribution in [0.1, 0.15) is 55.0 Å². The summed E-state index contributed by atoms with van der Waals surface area (Å²) in [7, 11) is 1.38. The number of ether oxygens (including phenoxy) is 1. The number of nitrogens with zero attached hydrogens (tertiary/aromatic N) is 3. The van der Waals surface area contributed by atoms with Crippen LogP contribution in [0.25, 0.3) is 0 Å². The van der Waals surface area contributed by atoms with E-state index in [4.69, 9.17) is 10.5 Å². The van der Waals surface area contributed by atoms with E-state index in [0.29, 0.717) is 18.8 Å². The Hall–Kier alpha value is -2.81. The molecule has 3 N–H and O–H groups in total. The van der Waals surface area contributed by atoms with Crippen molar-refractivity contribution in [2.45, 2.75) is 58.9 Å². The van der Waals surface area contributed by atoms with Crippen molar-refractivity contribution in [3.05, 3.63) is 46.6 Å². The first kappa shape index (κ1) is 28.4. The lowest BCUT2D eigenvalue weighted by Crippen LogP contribution is -2.33. The number of thioether (sulfide) groups is 1. The average Bonchev–Trinajstić information content (AvgIpc) is 2.83. The molecule has 0 bridgehead atoms. The summed E-state index contributed by atoms with van der Waals surface area (Å²) in [6.07, 6.45) is 7.12. The van der Waals surface area contributed by atoms with Crippen molar-refractivity contribution in [2.24, 2.45) is 0 Å². The number of nitrogens with two attached hydrogens (primary N) is 1. The van der Waals surface area contributed by atoms with Crippen LogP contribution in [0.2, 0.25) is 0 Å². The van der Waals surface area contributed by atoms with Crippen LogP contribution in [0, 0.1) is 6.92 Å². The molecule has 35 heavy (non-hydrogen) atoms. The van der Waals surface area contributed by atoms with Crippen molar-refractivity contribution in [1.82, 2.24) is 14.9 Å². The number of unbranched alkanes of at least 4 members (excludes halogenated alkanes) is 2. The number of rotatable bonds is 15. The van der Waals surface area contributed by atoms with Crippen molar-refractivity contribution in [1.29, 1.82) is 0 Å². The van der Waals surface area contributed by atoms with Gasteiger partial charge in [-0.1, -0.05) is 44.0 Å². The van der Waals surface area contributed by atoms with Gasteiger partial charge in [-0.2, -0.15) is 16.7 Å². The number of aromatic nitrogens is 2. The van der Waals surface area contributed by atoms with Crippen molar-refractivity contribution in [3.63, 3.8) is 0 Å². The van der Waals surface area contributed by atoms with Crippen LogP contribution >= 0.6 is 11.8 Å². The molecule has 0 radical (unpaired) electrons. The summed E-state index contributed by atoms with van der Waals surface area (Å²) in [4.78, 5) is 35.0. The minimum atomic E-state index is -0.268. The lowest BCUT2D eigenvalue weighted by atomic mass is 10.1. The Balaban J connectivity index is 2.04. The molecule has 0 saturated heterocycles. The molecule has 0 fully saturated rings. The number of hydrogen-bond donors (Lipinski definition) is 2. The number of anilines is 2. The first-order chi connectivity index (χ1) is 16.9. The standard InChI is InChI=1S/C26H39N5O3S/c1-5-6-7-14-28-25-22(19(2)29-26(27)30-25)9-8-15-31(23(32)18-35-4)17-21-12-10-20(11-13-21)16-24(33)34-3/h10-13H,5-9,14-18H2,1-4H3,(H3,27,28,29,30). The monoisotopic (exact) mass is 501 g/mol. The van der Waals surface area contributed by atoms with E-state index in [1.54, 1.807) is 0 Å². The molecule has 0 spiro atoms. The predicted octanol–water partition coefficient (Wildman–Crippen LogP) is 4.01. The smallest absolute Gasteiger partial charge is 0.309 e. The van der Waals surface area contributed by atoms with Crippen molar-refractivity contribution >= 4 is 35.4 Å². The topological polar surface area (TPSA) is 110 Å². The Bertz CT molecular complexity index is 953. The highest BCUT2D eigenvalue weighted by Gasteiger charge is 2.16. The Morgan fingerprint density at radius 2 is 1.83 bits per heavy atom. The fraction of sp³-hybridized carbons (Fsp3) is 0.538. The van der Waals surface area contributed by atoms with Gasteiger partial charge in [-0.25, -0.2) is 4.98 Å². The third-order valence-electron chi connectivity index (χ3n) is 5.75. The number of benzene rings is 1. The fourth-order valence-electron chi connectivity index (χ4n) is 3.82. The van der Waals surface area contributed by atoms with Crippen molar-refractivity contribution in [2.75, 3.05) is 43.3 Å². The zero-order chi connectivity index (χ0) is 25.6. The van der Waals surface area contributed by atoms with E-state index in [9.17, 15) is 9.59 Å². The number of carbonyl (C=O) groups excluding carboxylic acids is 2. The first-order valence-electron chi connectivity index (χ1n) is 12.2. The van der Waals surface area contributed by atoms with Crippen LogP contribution < -0.4 is 11.1 Å². The summed E-state index contributed by atoms with van der Waals surface area (Å²) in [6, 6.07) is 7.76. The number of esters is 1. The van der Waals surface area contributed by atoms with Crippen molar-refractivity contribution < 1.29 is 14.3 Å². The first-order valence-corrected chi connectivity index (χ1v) is 13.6. The van der Waals surface area contributed by atoms with Crippen LogP contribution in [-0.2, 0) is 33.7 Å². The Labute approximate surface area is 213 Å². The Morgan fingerprint density at radius 1 is 1.11 bits per heavy atom. The van der Waals surface area contributed by atoms with Gasteiger partial charge >= 0.3 is 5.97 Å². The molecule has 1 aromatic carbocycles. The van der Waals surface area contributed by atoms with Gasteiger partial charge in [0.15, 0.2) is 0 Å². The maximum atomic E-state index is 12.8. The normalized spacial score (nSPS) is 10.7. The minimum Gasteiger partial charge on any atom is -0.469 e. The molecule has 2 aromatic rings. The second-order valence-electron chi connectivity index (χ2n) is 8.55. The number of aryl methyl sites for hydroxylation is 1. The fourth-order valence-corrected chi connectivity index (χ4v) is 4.25. The molecule has 9 heteroatoms. The number of amides is 1. The third-order valence-corrected chi connectivity index (χ3v) is 6.29. The summed E-state index contributed by atoms with van der Waals surface area (Å²) in [5.74, 6) is 1.36. The maximum Gasteiger partial charge on any atom is 0.309 e. The molecule has 8 nitrogen and oxygen atoms in total. The second kappa shape index (κ2) is 15.2. The van der Waals surface area contributed by atoms with Crippen molar-refractivity contribution in [3.8, 4) is 0 Å². The maximum absolute atomic E-state index is 12.8. The van der Waals surface area contributed by atoms with Crippen LogP contribution in [0.5, 0.6) is 0 Å². The molecule has 0 aliphatic heterocycles. The van der Waals surface area contributed by atoms with E-state index in [1.165, 1.54) is 18.9 Å². The number of carbonyl (C=O) groups is 2. The Morgan fingerprint density at radius 3 is 2.49 bits per heavy atom. The van der Waals surface area contributed by atoms with Gasteiger partial charge in [0.1, 0.15) is 5.82 Å². The predicted molar refractivity (Wildman–Crippen MR) is 143 cm³/mol. The Kier molecular flexibility index (Phi) is 12.4. The van der Waals surface area contributed by atoms with Crippen LogP contribution in [0.3, 0.4) is 0 Å². The summed E-state index contributed by atoms with van der Waals surface area (Å²) >= 11 is 1.52. The molecular weight excluding hydrogens is 462 g/mol. The lowest BCUT2D eigenvalue weighted by Gasteiger charge is -2.23. The average molecular weight is 502 g/mol. The molecular formula is C26H39N5O3S. The highest BCUT2D eigenvalue weighted by molar-refractivity contribution is 7.99. The van der Waals surface area contributed by atoms with Gasteiger partial charge in [-0.3, -0.25) is 9.59 Å². The van der Waals surface area contributed by atoms with Crippen LogP contribution in [0.15, 0.2) is 24.3 Å². The van der Waals surface area contributed by atoms with Gasteiger partial charge < -0.3 is 20.7 Å². The zero-order valence-electron chi connectivity index (χ0n) is 21.4. The SMILES string of the molecule is CCCCCNc1nc(N)nc(C)c1CCCN(Cc1ccc(CC(=O)OC)cc1)C(=O)CSC. The van der Waals surface area contributed by atoms with E-state index >= 15 is 0 Å². The number of nitrogen functional groups attached to an aromatic ring is 1. The summed E-state index contributed by atoms with van der Waals surface area (Å²) < 4.78 is 4.73. The highest BCUT2D eigenvalue weighted by Crippen LogP contribution is 2.20. The summed E-state index contributed by atoms with van der Waals surface area (Å²) in [5, 5.41) is 3.43. The molecule has 2 rings (SSSR count). The second-order valence-corrected chi connectivity index (χ2v) is 9.42. The zero-order valence-corrected chi connectivity index (χ0v) is 22.2. The third kappa shape index (κ3) is 9.76. The molecule has 0 aliphatic rings. The number of hydrogen-bond acceptors (Lipinski definition) is 8. The highest BCUT2D eigenvalue weighted by atomic mass is 32.2. The summed E-state index contributed by atoms with van der Waals surface area (Å²) in [5.41, 5.74) is 9.74. The lowest BCUT2D eigenvalue weighted by molar-refractivity contribution is -0.139. The molecule has 1 heterocycles. The van der Waals surface area contributed by atoms with Crippen LogP contribution in [-0.4, -0.2) is 59.0 Å². The molecule has 0 saturated carbocycles. The van der Waals surface area contributed by atoms with E-state index in [2.05, 4.69) is 22.2 Å². The number of nitrogens with one attached hydrogen (secondary N) is 1. The van der Waals surface area contributed by atoms with Gasteiger partial charge in [0, 0.05) is 30.9 Å². The van der Waals surface area contributed by atoms with E-state index in [1.807, 2.05) is 42.3 Å². The van der Waals surface area contributed by atoms with E-state index in [0.717, 1.165) is 66.9 Å². The van der Waals surface area contributed by atoms with E-state index in [-0.39, 0.29) is 24.2 Å². The summed E-state index contributed by atoms with van der Waals surface area (Å²) in [6.45, 7) is 6.14. The van der Waals surface area contributed by atoms with Gasteiger partial charge in [0.2, 0.25) is 11.9 Å². The number of methoxy groups -OCH3 is 1. The molecule has 192 valence electrons. The van der Waals surface area contributed by atoms with Crippen LogP contribution in [0.4, 0.5) is 11.8 Å². The van der Waals surface area contributed by atoms with Gasteiger partial charge in [0.05, 0.1) is 19.3 Å². The molecule has 1 aromatic heterocycles. The molecule has 1 amide bonds. The molecule has 0 atom stereocenters. The quantitative estimate of drug-likeness (QED) is 0.278. The van der Waals surface area contributed by atoms with Gasteiger partial charge in [-0.15, -0.1) is 0 Å². The van der Waals surface area contributed by atoms with Gasteiger partial charge in [-0.05, 0) is 43.6 Å². The largest absolute Gasteiger partial charge is 0.469 e. The van der Waals surface area contributed by atoms with E-state index < -0.39 is 0 Å². The molecule has 0 unspecified atom stereocenters. The van der Waals surface area contributed by atoms with Gasteiger partial charge in [0.25, 0.3) is 0 Å².